The highest BCUT2D eigenvalue weighted by Gasteiger charge is 2.17. The molecule has 0 unspecified atom stereocenters. The van der Waals surface area contributed by atoms with E-state index in [1.807, 2.05) is 54.6 Å². The van der Waals surface area contributed by atoms with Crippen molar-refractivity contribution in [2.75, 3.05) is 0 Å². The second-order valence-corrected chi connectivity index (χ2v) is 10.0. The maximum Gasteiger partial charge on any atom is 0.284 e. The van der Waals surface area contributed by atoms with E-state index in [2.05, 4.69) is 36.1 Å². The summed E-state index contributed by atoms with van der Waals surface area (Å²) in [5.41, 5.74) is 10.4. The number of benzene rings is 3. The Labute approximate surface area is 214 Å². The van der Waals surface area contributed by atoms with E-state index >= 15 is 4.39 Å². The largest absolute Gasteiger partial charge is 0.326 e. The number of halogens is 1. The fourth-order valence-electron chi connectivity index (χ4n) is 4.30. The molecule has 5 aromatic rings. The number of hydrogen-bond acceptors (Lipinski definition) is 5. The van der Waals surface area contributed by atoms with Gasteiger partial charge in [0.2, 0.25) is 0 Å². The first-order valence-corrected chi connectivity index (χ1v) is 12.1. The zero-order valence-electron chi connectivity index (χ0n) is 21.1. The highest BCUT2D eigenvalue weighted by Crippen LogP contribution is 2.27. The molecule has 0 aliphatic rings. The number of nitrogens with zero attached hydrogens (tertiary/aromatic N) is 4. The van der Waals surface area contributed by atoms with Crippen LogP contribution in [0.5, 0.6) is 0 Å². The van der Waals surface area contributed by atoms with Crippen LogP contribution in [0.2, 0.25) is 0 Å². The Morgan fingerprint density at radius 1 is 0.946 bits per heavy atom. The topological polar surface area (TPSA) is 90.8 Å². The highest BCUT2D eigenvalue weighted by atomic mass is 19.1. The van der Waals surface area contributed by atoms with E-state index in [1.54, 1.807) is 17.0 Å². The minimum absolute atomic E-state index is 0.0484. The third-order valence-corrected chi connectivity index (χ3v) is 6.23. The SMILES string of the molecule is CC(C)(C)NCc1ccccc1-c1ccc(-n2cnc3ncn(-c4cccc(CN)c4)c3c2=O)c(F)c1. The van der Waals surface area contributed by atoms with Crippen molar-refractivity contribution in [3.8, 4) is 22.5 Å². The number of aromatic nitrogens is 4. The summed E-state index contributed by atoms with van der Waals surface area (Å²) in [7, 11) is 0. The molecule has 0 amide bonds. The molecule has 5 rings (SSSR count). The Balaban J connectivity index is 1.56. The summed E-state index contributed by atoms with van der Waals surface area (Å²) in [4.78, 5) is 22.1. The molecular formula is C29H29FN6O. The van der Waals surface area contributed by atoms with Crippen molar-refractivity contribution >= 4 is 11.2 Å². The van der Waals surface area contributed by atoms with Gasteiger partial charge < -0.3 is 11.1 Å². The van der Waals surface area contributed by atoms with Crippen LogP contribution in [-0.2, 0) is 13.1 Å². The monoisotopic (exact) mass is 496 g/mol. The zero-order chi connectivity index (χ0) is 26.2. The molecule has 0 saturated carbocycles. The fourth-order valence-corrected chi connectivity index (χ4v) is 4.30. The molecule has 0 saturated heterocycles. The minimum atomic E-state index is -0.518. The normalized spacial score (nSPS) is 11.8. The van der Waals surface area contributed by atoms with Crippen LogP contribution in [0.1, 0.15) is 31.9 Å². The molecule has 2 aromatic heterocycles. The molecule has 0 bridgehead atoms. The van der Waals surface area contributed by atoms with Crippen molar-refractivity contribution in [2.24, 2.45) is 5.73 Å². The lowest BCUT2D eigenvalue weighted by molar-refractivity contribution is 0.424. The summed E-state index contributed by atoms with van der Waals surface area (Å²) < 4.78 is 18.4. The average molecular weight is 497 g/mol. The molecule has 37 heavy (non-hydrogen) atoms. The van der Waals surface area contributed by atoms with E-state index in [0.717, 1.165) is 27.9 Å². The van der Waals surface area contributed by atoms with Gasteiger partial charge >= 0.3 is 0 Å². The fraction of sp³-hybridized carbons (Fsp3) is 0.207. The predicted molar refractivity (Wildman–Crippen MR) is 144 cm³/mol. The zero-order valence-corrected chi connectivity index (χ0v) is 21.1. The first-order chi connectivity index (χ1) is 17.7. The Morgan fingerprint density at radius 3 is 2.43 bits per heavy atom. The lowest BCUT2D eigenvalue weighted by Crippen LogP contribution is -2.35. The molecule has 0 spiro atoms. The van der Waals surface area contributed by atoms with Crippen molar-refractivity contribution in [1.29, 1.82) is 0 Å². The number of hydrogen-bond donors (Lipinski definition) is 2. The van der Waals surface area contributed by atoms with E-state index < -0.39 is 11.4 Å². The summed E-state index contributed by atoms with van der Waals surface area (Å²) in [5.74, 6) is -0.518. The maximum absolute atomic E-state index is 15.5. The highest BCUT2D eigenvalue weighted by molar-refractivity contribution is 5.73. The van der Waals surface area contributed by atoms with Gasteiger partial charge in [0.1, 0.15) is 18.5 Å². The molecule has 0 atom stereocenters. The molecule has 2 heterocycles. The maximum atomic E-state index is 15.5. The molecule has 0 aliphatic carbocycles. The van der Waals surface area contributed by atoms with Gasteiger partial charge in [0.25, 0.3) is 5.56 Å². The smallest absolute Gasteiger partial charge is 0.284 e. The van der Waals surface area contributed by atoms with Crippen LogP contribution in [-0.4, -0.2) is 24.6 Å². The Hall–Kier alpha value is -4.14. The first kappa shape index (κ1) is 24.5. The molecule has 8 heteroatoms. The van der Waals surface area contributed by atoms with E-state index in [4.69, 9.17) is 5.73 Å². The molecule has 3 aromatic carbocycles. The van der Waals surface area contributed by atoms with Crippen molar-refractivity contribution in [3.63, 3.8) is 0 Å². The van der Waals surface area contributed by atoms with Gasteiger partial charge in [0, 0.05) is 24.3 Å². The summed E-state index contributed by atoms with van der Waals surface area (Å²) in [6.45, 7) is 7.34. The number of rotatable bonds is 6. The summed E-state index contributed by atoms with van der Waals surface area (Å²) in [6.07, 6.45) is 2.86. The van der Waals surface area contributed by atoms with Crippen LogP contribution in [0.4, 0.5) is 4.39 Å². The standard InChI is InChI=1S/C29H29FN6O/c1-29(2,3)34-16-21-8-4-5-10-23(21)20-11-12-25(24(30)14-20)36-18-33-27-26(28(36)37)35(17-32-27)22-9-6-7-19(13-22)15-31/h4-14,17-18,34H,15-16,31H2,1-3H3. The lowest BCUT2D eigenvalue weighted by atomic mass is 9.98. The van der Waals surface area contributed by atoms with Gasteiger partial charge in [-0.25, -0.2) is 14.4 Å². The van der Waals surface area contributed by atoms with Crippen molar-refractivity contribution in [2.45, 2.75) is 39.4 Å². The van der Waals surface area contributed by atoms with E-state index in [0.29, 0.717) is 13.1 Å². The van der Waals surface area contributed by atoms with Gasteiger partial charge in [0.15, 0.2) is 11.2 Å². The van der Waals surface area contributed by atoms with Gasteiger partial charge in [-0.3, -0.25) is 13.9 Å². The lowest BCUT2D eigenvalue weighted by Gasteiger charge is -2.22. The van der Waals surface area contributed by atoms with Gasteiger partial charge in [0.05, 0.1) is 5.69 Å². The Bertz CT molecular complexity index is 1650. The van der Waals surface area contributed by atoms with Gasteiger partial charge in [-0.2, -0.15) is 0 Å². The first-order valence-electron chi connectivity index (χ1n) is 12.1. The van der Waals surface area contributed by atoms with Crippen LogP contribution in [0.3, 0.4) is 0 Å². The average Bonchev–Trinajstić information content (AvgIpc) is 3.33. The molecule has 188 valence electrons. The number of fused-ring (bicyclic) bond motifs is 1. The van der Waals surface area contributed by atoms with E-state index in [1.165, 1.54) is 17.0 Å². The number of imidazole rings is 1. The van der Waals surface area contributed by atoms with E-state index in [9.17, 15) is 4.79 Å². The quantitative estimate of drug-likeness (QED) is 0.355. The second-order valence-electron chi connectivity index (χ2n) is 10.0. The molecule has 0 fully saturated rings. The molecular weight excluding hydrogens is 467 g/mol. The number of nitrogens with two attached hydrogens (primary N) is 1. The van der Waals surface area contributed by atoms with Crippen molar-refractivity contribution < 1.29 is 4.39 Å². The Kier molecular flexibility index (Phi) is 6.45. The summed E-state index contributed by atoms with van der Waals surface area (Å²) in [5, 5.41) is 3.49. The predicted octanol–water partition coefficient (Wildman–Crippen LogP) is 4.72. The third kappa shape index (κ3) is 4.94. The van der Waals surface area contributed by atoms with Crippen LogP contribution in [0.15, 0.2) is 84.2 Å². The Morgan fingerprint density at radius 2 is 1.70 bits per heavy atom. The van der Waals surface area contributed by atoms with Gasteiger partial charge in [-0.15, -0.1) is 0 Å². The van der Waals surface area contributed by atoms with Crippen molar-refractivity contribution in [3.05, 3.63) is 107 Å². The second kappa shape index (κ2) is 9.72. The van der Waals surface area contributed by atoms with Crippen LogP contribution < -0.4 is 16.6 Å². The van der Waals surface area contributed by atoms with Crippen LogP contribution >= 0.6 is 0 Å². The van der Waals surface area contributed by atoms with Gasteiger partial charge in [-0.1, -0.05) is 42.5 Å². The summed E-state index contributed by atoms with van der Waals surface area (Å²) in [6, 6.07) is 20.3. The minimum Gasteiger partial charge on any atom is -0.326 e. The van der Waals surface area contributed by atoms with Crippen LogP contribution in [0.25, 0.3) is 33.7 Å². The van der Waals surface area contributed by atoms with E-state index in [-0.39, 0.29) is 22.4 Å². The van der Waals surface area contributed by atoms with Crippen LogP contribution in [0, 0.1) is 5.82 Å². The third-order valence-electron chi connectivity index (χ3n) is 6.23. The number of nitrogens with one attached hydrogen (secondary N) is 1. The molecule has 7 nitrogen and oxygen atoms in total. The summed E-state index contributed by atoms with van der Waals surface area (Å²) >= 11 is 0. The molecule has 0 radical (unpaired) electrons. The molecule has 3 N–H and O–H groups in total. The molecule has 0 aliphatic heterocycles. The van der Waals surface area contributed by atoms with Gasteiger partial charge in [-0.05, 0) is 67.3 Å². The van der Waals surface area contributed by atoms with Crippen molar-refractivity contribution in [1.82, 2.24) is 24.4 Å².